The predicted octanol–water partition coefficient (Wildman–Crippen LogP) is 4.17. The van der Waals surface area contributed by atoms with Gasteiger partial charge >= 0.3 is 0 Å². The van der Waals surface area contributed by atoms with Gasteiger partial charge in [0.1, 0.15) is 0 Å². The molecule has 1 N–H and O–H groups in total. The molecule has 2 atom stereocenters. The lowest BCUT2D eigenvalue weighted by Gasteiger charge is -2.25. The molecule has 0 saturated carbocycles. The highest BCUT2D eigenvalue weighted by Gasteiger charge is 2.25. The van der Waals surface area contributed by atoms with Crippen LogP contribution < -0.4 is 5.32 Å². The van der Waals surface area contributed by atoms with Gasteiger partial charge in [-0.3, -0.25) is 0 Å². The molecule has 0 spiro atoms. The highest BCUT2D eigenvalue weighted by atomic mass is 35.5. The van der Waals surface area contributed by atoms with Crippen molar-refractivity contribution in [3.05, 3.63) is 48.4 Å². The maximum absolute atomic E-state index is 5.57. The average Bonchev–Trinajstić information content (AvgIpc) is 3.04. The summed E-state index contributed by atoms with van der Waals surface area (Å²) in [5.74, 6) is 1.83. The van der Waals surface area contributed by atoms with Gasteiger partial charge in [-0.1, -0.05) is 47.6 Å². The minimum atomic E-state index is 0. The van der Waals surface area contributed by atoms with Crippen molar-refractivity contribution in [2.45, 2.75) is 31.7 Å². The minimum absolute atomic E-state index is 0. The van der Waals surface area contributed by atoms with Crippen LogP contribution in [-0.4, -0.2) is 22.7 Å². The van der Waals surface area contributed by atoms with Crippen LogP contribution in [0.1, 0.15) is 31.6 Å². The summed E-state index contributed by atoms with van der Waals surface area (Å²) in [4.78, 5) is 4.68. The van der Waals surface area contributed by atoms with Gasteiger partial charge < -0.3 is 9.84 Å². The largest absolute Gasteiger partial charge is 0.339 e. The second kappa shape index (κ2) is 6.69. The topological polar surface area (TPSA) is 51.0 Å². The number of rotatable bonds is 2. The number of aromatic nitrogens is 2. The van der Waals surface area contributed by atoms with E-state index in [0.29, 0.717) is 17.8 Å². The Hall–Kier alpha value is -1.91. The zero-order valence-corrected chi connectivity index (χ0v) is 13.8. The Labute approximate surface area is 141 Å². The highest BCUT2D eigenvalue weighted by molar-refractivity contribution is 5.94. The molecule has 0 unspecified atom stereocenters. The van der Waals surface area contributed by atoms with Crippen LogP contribution in [0.3, 0.4) is 0 Å². The lowest BCUT2D eigenvalue weighted by atomic mass is 9.93. The van der Waals surface area contributed by atoms with E-state index < -0.39 is 0 Å². The molecule has 4 rings (SSSR count). The fourth-order valence-electron chi connectivity index (χ4n) is 3.29. The quantitative estimate of drug-likeness (QED) is 0.766. The van der Waals surface area contributed by atoms with Crippen LogP contribution in [0.15, 0.2) is 47.0 Å². The Morgan fingerprint density at radius 1 is 1.13 bits per heavy atom. The Morgan fingerprint density at radius 3 is 2.83 bits per heavy atom. The van der Waals surface area contributed by atoms with E-state index in [-0.39, 0.29) is 12.4 Å². The third-order valence-corrected chi connectivity index (χ3v) is 4.45. The van der Waals surface area contributed by atoms with Crippen molar-refractivity contribution in [3.8, 4) is 11.4 Å². The van der Waals surface area contributed by atoms with Crippen LogP contribution in [-0.2, 0) is 0 Å². The number of hydrogen-bond donors (Lipinski definition) is 1. The standard InChI is InChI=1S/C18H19N3O.ClH/c1-12-11-14(9-10-19-12)18-20-17(21-22-18)16-8-4-6-13-5-2-3-7-15(13)16;/h2-8,12,14,19H,9-11H2,1H3;1H/t12-,14-;/m0./s1. The molecule has 5 heteroatoms. The molecule has 0 amide bonds. The molecule has 1 saturated heterocycles. The SMILES string of the molecule is C[C@H]1C[C@@H](c2nc(-c3cccc4ccccc34)no2)CCN1.Cl. The fraction of sp³-hybridized carbons (Fsp3) is 0.333. The van der Waals surface area contributed by atoms with Crippen molar-refractivity contribution in [1.82, 2.24) is 15.5 Å². The average molecular weight is 330 g/mol. The molecule has 1 aliphatic rings. The summed E-state index contributed by atoms with van der Waals surface area (Å²) in [6.07, 6.45) is 2.11. The molecule has 2 aromatic carbocycles. The van der Waals surface area contributed by atoms with Crippen LogP contribution >= 0.6 is 12.4 Å². The van der Waals surface area contributed by atoms with Crippen LogP contribution in [0.2, 0.25) is 0 Å². The third-order valence-electron chi connectivity index (χ3n) is 4.45. The number of piperidine rings is 1. The first-order valence-corrected chi connectivity index (χ1v) is 7.86. The van der Waals surface area contributed by atoms with Crippen molar-refractivity contribution in [2.75, 3.05) is 6.54 Å². The van der Waals surface area contributed by atoms with Crippen molar-refractivity contribution in [2.24, 2.45) is 0 Å². The van der Waals surface area contributed by atoms with E-state index in [2.05, 4.69) is 46.6 Å². The number of nitrogens with zero attached hydrogens (tertiary/aromatic N) is 2. The molecule has 23 heavy (non-hydrogen) atoms. The van der Waals surface area contributed by atoms with E-state index in [1.807, 2.05) is 18.2 Å². The van der Waals surface area contributed by atoms with Crippen molar-refractivity contribution in [1.29, 1.82) is 0 Å². The van der Waals surface area contributed by atoms with Crippen molar-refractivity contribution in [3.63, 3.8) is 0 Å². The molecule has 1 aliphatic heterocycles. The summed E-state index contributed by atoms with van der Waals surface area (Å²) in [5.41, 5.74) is 1.04. The van der Waals surface area contributed by atoms with Gasteiger partial charge in [0.15, 0.2) is 0 Å². The number of nitrogens with one attached hydrogen (secondary N) is 1. The second-order valence-electron chi connectivity index (χ2n) is 6.06. The smallest absolute Gasteiger partial charge is 0.230 e. The fourth-order valence-corrected chi connectivity index (χ4v) is 3.29. The van der Waals surface area contributed by atoms with Gasteiger partial charge in [-0.25, -0.2) is 0 Å². The minimum Gasteiger partial charge on any atom is -0.339 e. The van der Waals surface area contributed by atoms with Crippen LogP contribution in [0, 0.1) is 0 Å². The monoisotopic (exact) mass is 329 g/mol. The van der Waals surface area contributed by atoms with Gasteiger partial charge in [-0.05, 0) is 37.1 Å². The van der Waals surface area contributed by atoms with Gasteiger partial charge in [-0.2, -0.15) is 4.98 Å². The third kappa shape index (κ3) is 3.09. The summed E-state index contributed by atoms with van der Waals surface area (Å²) in [5, 5.41) is 10.0. The van der Waals surface area contributed by atoms with Gasteiger partial charge in [0, 0.05) is 17.5 Å². The Balaban J connectivity index is 0.00000156. The lowest BCUT2D eigenvalue weighted by Crippen LogP contribution is -2.34. The number of fused-ring (bicyclic) bond motifs is 1. The van der Waals surface area contributed by atoms with Crippen molar-refractivity contribution < 1.29 is 4.52 Å². The zero-order chi connectivity index (χ0) is 14.9. The molecule has 120 valence electrons. The number of halogens is 1. The molecule has 3 aromatic rings. The summed E-state index contributed by atoms with van der Waals surface area (Å²) in [7, 11) is 0. The van der Waals surface area contributed by atoms with E-state index in [1.54, 1.807) is 0 Å². The van der Waals surface area contributed by atoms with Crippen LogP contribution in [0.25, 0.3) is 22.2 Å². The van der Waals surface area contributed by atoms with Crippen LogP contribution in [0.4, 0.5) is 0 Å². The first-order chi connectivity index (χ1) is 10.8. The summed E-state index contributed by atoms with van der Waals surface area (Å²) >= 11 is 0. The van der Waals surface area contributed by atoms with Gasteiger partial charge in [-0.15, -0.1) is 12.4 Å². The molecule has 1 fully saturated rings. The maximum Gasteiger partial charge on any atom is 0.230 e. The summed E-state index contributed by atoms with van der Waals surface area (Å²) < 4.78 is 5.57. The summed E-state index contributed by atoms with van der Waals surface area (Å²) in [6.45, 7) is 3.21. The second-order valence-corrected chi connectivity index (χ2v) is 6.06. The molecular formula is C18H20ClN3O. The molecule has 0 radical (unpaired) electrons. The molecule has 0 aliphatic carbocycles. The number of benzene rings is 2. The molecule has 4 nitrogen and oxygen atoms in total. The number of hydrogen-bond acceptors (Lipinski definition) is 4. The van der Waals surface area contributed by atoms with Crippen LogP contribution in [0.5, 0.6) is 0 Å². The van der Waals surface area contributed by atoms with Gasteiger partial charge in [0.2, 0.25) is 11.7 Å². The van der Waals surface area contributed by atoms with E-state index in [4.69, 9.17) is 4.52 Å². The Kier molecular flexibility index (Phi) is 4.64. The predicted molar refractivity (Wildman–Crippen MR) is 93.9 cm³/mol. The zero-order valence-electron chi connectivity index (χ0n) is 13.0. The lowest BCUT2D eigenvalue weighted by molar-refractivity contribution is 0.295. The first-order valence-electron chi connectivity index (χ1n) is 7.86. The van der Waals surface area contributed by atoms with E-state index >= 15 is 0 Å². The normalized spacial score (nSPS) is 21.1. The van der Waals surface area contributed by atoms with E-state index in [0.717, 1.165) is 36.2 Å². The molecule has 2 heterocycles. The molecule has 0 bridgehead atoms. The maximum atomic E-state index is 5.57. The van der Waals surface area contributed by atoms with Gasteiger partial charge in [0.25, 0.3) is 0 Å². The van der Waals surface area contributed by atoms with E-state index in [1.165, 1.54) is 5.39 Å². The van der Waals surface area contributed by atoms with Gasteiger partial charge in [0.05, 0.1) is 0 Å². The van der Waals surface area contributed by atoms with E-state index in [9.17, 15) is 0 Å². The molecular weight excluding hydrogens is 310 g/mol. The molecule has 1 aromatic heterocycles. The first kappa shape index (κ1) is 16.0. The highest BCUT2D eigenvalue weighted by Crippen LogP contribution is 2.30. The Morgan fingerprint density at radius 2 is 1.96 bits per heavy atom. The summed E-state index contributed by atoms with van der Waals surface area (Å²) in [6, 6.07) is 15.0. The van der Waals surface area contributed by atoms with Crippen molar-refractivity contribution >= 4 is 23.2 Å². The Bertz CT molecular complexity index is 796.